The summed E-state index contributed by atoms with van der Waals surface area (Å²) in [5.41, 5.74) is -1.54. The number of β-lactam (4-membered cyclic amide) rings is 1. The first-order chi connectivity index (χ1) is 24.2. The zero-order chi connectivity index (χ0) is 36.7. The first kappa shape index (κ1) is 41.7. The molecule has 2 aliphatic heterocycles. The number of nitrogens with zero attached hydrogens (tertiary/aromatic N) is 5. The van der Waals surface area contributed by atoms with Crippen molar-refractivity contribution in [3.8, 4) is 17.2 Å². The molecule has 0 aliphatic carbocycles. The van der Waals surface area contributed by atoms with Crippen LogP contribution >= 0.6 is 23.5 Å². The molecule has 6 rings (SSSR count). The predicted molar refractivity (Wildman–Crippen MR) is 169 cm³/mol. The minimum atomic E-state index is -1.66. The van der Waals surface area contributed by atoms with Gasteiger partial charge in [-0.1, -0.05) is 23.9 Å². The second-order valence-corrected chi connectivity index (χ2v) is 13.2. The van der Waals surface area contributed by atoms with Crippen molar-refractivity contribution in [3.05, 3.63) is 74.8 Å². The number of hydrogen-bond acceptors (Lipinski definition) is 17. The SMILES string of the molecule is Cc1oc2cc(O)c(O)cc2c(=O)c1C(=O)NC(C(=O)N[C@@H]1C(=O)N2C(C(=O)[O-])=C(CSc3nnnn3CC(=O)[O-])CS[C@@H]12)c1ccc(O)cc1.[Na+].[Na+]. The number of rotatable bonds is 11. The Hall–Kier alpha value is -4.09. The molecule has 0 bridgehead atoms. The molecule has 2 aliphatic rings. The summed E-state index contributed by atoms with van der Waals surface area (Å²) in [7, 11) is 0. The van der Waals surface area contributed by atoms with E-state index < -0.39 is 81.9 Å². The van der Waals surface area contributed by atoms with E-state index in [9.17, 15) is 54.3 Å². The van der Waals surface area contributed by atoms with Gasteiger partial charge in [-0.25, -0.2) is 4.68 Å². The van der Waals surface area contributed by atoms with Gasteiger partial charge in [0.1, 0.15) is 40.1 Å². The van der Waals surface area contributed by atoms with E-state index in [0.29, 0.717) is 0 Å². The first-order valence-electron chi connectivity index (χ1n) is 14.6. The fraction of sp³-hybridized carbons (Fsp3) is 0.233. The topological polar surface area (TPSA) is 293 Å². The maximum atomic E-state index is 13.8. The zero-order valence-corrected chi connectivity index (χ0v) is 33.5. The van der Waals surface area contributed by atoms with E-state index in [1.165, 1.54) is 31.2 Å². The number of aliphatic carboxylic acids is 2. The van der Waals surface area contributed by atoms with E-state index in [0.717, 1.165) is 45.2 Å². The van der Waals surface area contributed by atoms with Crippen LogP contribution in [0.3, 0.4) is 0 Å². The third-order valence-electron chi connectivity index (χ3n) is 7.85. The van der Waals surface area contributed by atoms with Crippen molar-refractivity contribution in [1.82, 2.24) is 35.7 Å². The average Bonchev–Trinajstić information content (AvgIpc) is 3.51. The van der Waals surface area contributed by atoms with Crippen molar-refractivity contribution < 1.29 is 113 Å². The number of carbonyl (C=O) groups excluding carboxylic acids is 5. The fourth-order valence-electron chi connectivity index (χ4n) is 5.46. The molecule has 1 saturated heterocycles. The van der Waals surface area contributed by atoms with Gasteiger partial charge in [0.05, 0.1) is 29.6 Å². The molecule has 0 spiro atoms. The van der Waals surface area contributed by atoms with Crippen LogP contribution in [0.4, 0.5) is 0 Å². The largest absolute Gasteiger partial charge is 1.00 e. The number of aromatic nitrogens is 4. The van der Waals surface area contributed by atoms with Gasteiger partial charge in [-0.2, -0.15) is 0 Å². The zero-order valence-electron chi connectivity index (χ0n) is 27.9. The normalized spacial score (nSPS) is 16.8. The molecular weight excluding hydrogens is 760 g/mol. The molecule has 53 heavy (non-hydrogen) atoms. The first-order valence-corrected chi connectivity index (χ1v) is 16.6. The van der Waals surface area contributed by atoms with Crippen molar-refractivity contribution in [3.63, 3.8) is 0 Å². The van der Waals surface area contributed by atoms with E-state index in [1.54, 1.807) is 0 Å². The van der Waals surface area contributed by atoms with Crippen molar-refractivity contribution >= 4 is 64.2 Å². The van der Waals surface area contributed by atoms with Crippen LogP contribution in [0.25, 0.3) is 11.0 Å². The molecule has 2 aromatic carbocycles. The van der Waals surface area contributed by atoms with E-state index in [4.69, 9.17) is 4.42 Å². The van der Waals surface area contributed by atoms with Crippen LogP contribution in [0.1, 0.15) is 27.7 Å². The summed E-state index contributed by atoms with van der Waals surface area (Å²) in [5, 5.41) is 67.3. The smallest absolute Gasteiger partial charge is 0.548 e. The molecule has 1 fully saturated rings. The number of benzene rings is 2. The number of carboxylic acids is 2. The summed E-state index contributed by atoms with van der Waals surface area (Å²) in [4.78, 5) is 78.1. The molecule has 0 saturated carbocycles. The molecule has 4 aromatic rings. The number of hydrogen-bond donors (Lipinski definition) is 5. The van der Waals surface area contributed by atoms with Crippen molar-refractivity contribution in [2.24, 2.45) is 0 Å². The molecule has 0 radical (unpaired) electrons. The molecular formula is C30H23N7Na2O12S2. The number of amides is 3. The summed E-state index contributed by atoms with van der Waals surface area (Å²) < 4.78 is 6.49. The summed E-state index contributed by atoms with van der Waals surface area (Å²) in [5.74, 6) is -7.38. The van der Waals surface area contributed by atoms with E-state index in [1.807, 2.05) is 0 Å². The number of thioether (sulfide) groups is 2. The Kier molecular flexibility index (Phi) is 13.3. The van der Waals surface area contributed by atoms with Gasteiger partial charge >= 0.3 is 59.1 Å². The summed E-state index contributed by atoms with van der Waals surface area (Å²) in [6, 6.07) is 4.26. The van der Waals surface area contributed by atoms with Gasteiger partial charge in [-0.3, -0.25) is 24.1 Å². The number of tetrazole rings is 1. The van der Waals surface area contributed by atoms with Gasteiger partial charge in [-0.15, -0.1) is 16.9 Å². The van der Waals surface area contributed by atoms with Crippen LogP contribution < -0.4 is 85.4 Å². The minimum Gasteiger partial charge on any atom is -0.548 e. The van der Waals surface area contributed by atoms with Crippen LogP contribution in [-0.4, -0.2) is 93.0 Å². The van der Waals surface area contributed by atoms with Crippen LogP contribution in [0, 0.1) is 6.92 Å². The van der Waals surface area contributed by atoms with Crippen LogP contribution in [-0.2, 0) is 25.7 Å². The second kappa shape index (κ2) is 16.9. The third-order valence-corrected chi connectivity index (χ3v) is 10.2. The van der Waals surface area contributed by atoms with Crippen molar-refractivity contribution in [1.29, 1.82) is 0 Å². The average molecular weight is 784 g/mol. The number of carboxylic acid groups (broad SMARTS) is 2. The number of nitrogens with one attached hydrogen (secondary N) is 2. The number of fused-ring (bicyclic) bond motifs is 2. The second-order valence-electron chi connectivity index (χ2n) is 11.1. The number of aromatic hydroxyl groups is 3. The summed E-state index contributed by atoms with van der Waals surface area (Å²) >= 11 is 2.06. The standard InChI is InChI=1S/C30H25N7O12S2.2Na/c1-11-20(24(43)15-6-16(39)17(40)7-18(15)49-11)25(44)31-21(12-2-4-14(38)5-3-12)26(45)32-22-27(46)37-23(29(47)48)13(9-50-28(22)37)10-51-30-33-34-35-36(30)8-19(41)42;;/h2-7,21-22,28,38-40H,8-10H2,1H3,(H,31,44)(H,32,45)(H,41,42)(H,47,48);;/q;2*+1/p-2/t21?,22-,28+;;/m1../s1. The summed E-state index contributed by atoms with van der Waals surface area (Å²) in [6.07, 6.45) is 0. The van der Waals surface area contributed by atoms with Gasteiger partial charge in [0.15, 0.2) is 11.5 Å². The Morgan fingerprint density at radius 1 is 1.08 bits per heavy atom. The van der Waals surface area contributed by atoms with Crippen molar-refractivity contribution in [2.75, 3.05) is 11.5 Å². The van der Waals surface area contributed by atoms with E-state index in [-0.39, 0.29) is 109 Å². The quantitative estimate of drug-likeness (QED) is 0.0408. The number of carbonyl (C=O) groups is 5. The Morgan fingerprint density at radius 3 is 2.42 bits per heavy atom. The molecule has 264 valence electrons. The predicted octanol–water partition coefficient (Wildman–Crippen LogP) is -8.37. The number of phenolic OH excluding ortho intramolecular Hbond substituents is 3. The van der Waals surface area contributed by atoms with Crippen LogP contribution in [0.2, 0.25) is 0 Å². The number of phenols is 3. The molecule has 23 heteroatoms. The monoisotopic (exact) mass is 783 g/mol. The Morgan fingerprint density at radius 2 is 1.75 bits per heavy atom. The third kappa shape index (κ3) is 8.36. The van der Waals surface area contributed by atoms with Crippen molar-refractivity contribution in [2.45, 2.75) is 36.1 Å². The van der Waals surface area contributed by atoms with Gasteiger partial charge in [0, 0.05) is 17.6 Å². The maximum Gasteiger partial charge on any atom is 1.00 e. The Balaban J connectivity index is 0.00000314. The van der Waals surface area contributed by atoms with Crippen LogP contribution in [0.15, 0.2) is 62.0 Å². The minimum absolute atomic E-state index is 0. The fourth-order valence-corrected chi connectivity index (χ4v) is 7.82. The maximum absolute atomic E-state index is 13.8. The molecule has 3 amide bonds. The van der Waals surface area contributed by atoms with Crippen LogP contribution in [0.5, 0.6) is 17.2 Å². The molecule has 4 heterocycles. The van der Waals surface area contributed by atoms with E-state index >= 15 is 0 Å². The molecule has 5 N–H and O–H groups in total. The van der Waals surface area contributed by atoms with E-state index in [2.05, 4.69) is 26.2 Å². The van der Waals surface area contributed by atoms with Gasteiger partial charge in [0.2, 0.25) is 16.5 Å². The van der Waals surface area contributed by atoms with Gasteiger partial charge in [-0.05, 0) is 46.7 Å². The Labute approximate surface area is 349 Å². The molecule has 1 unspecified atom stereocenters. The Bertz CT molecular complexity index is 2230. The van der Waals surface area contributed by atoms with Gasteiger partial charge < -0.3 is 50.2 Å². The number of aryl methyl sites for hydroxylation is 1. The molecule has 2 aromatic heterocycles. The molecule has 19 nitrogen and oxygen atoms in total. The summed E-state index contributed by atoms with van der Waals surface area (Å²) in [6.45, 7) is 0.670. The van der Waals surface area contributed by atoms with Gasteiger partial charge in [0.25, 0.3) is 11.8 Å². The molecule has 3 atom stereocenters.